The number of halogens is 1. The van der Waals surface area contributed by atoms with Crippen molar-refractivity contribution in [3.05, 3.63) is 27.7 Å². The molecule has 0 N–H and O–H groups in total. The smallest absolute Gasteiger partial charge is 0.339 e. The van der Waals surface area contributed by atoms with Gasteiger partial charge in [-0.2, -0.15) is 5.26 Å². The van der Waals surface area contributed by atoms with Gasteiger partial charge in [0.05, 0.1) is 29.8 Å². The van der Waals surface area contributed by atoms with Crippen LogP contribution in [-0.2, 0) is 4.74 Å². The predicted molar refractivity (Wildman–Crippen MR) is 56.7 cm³/mol. The molecule has 5 heteroatoms. The molecule has 0 aliphatic rings. The molecule has 0 aromatic heterocycles. The fraction of sp³-hybridized carbons (Fsp3) is 0.200. The summed E-state index contributed by atoms with van der Waals surface area (Å²) < 4.78 is 10.2. The lowest BCUT2D eigenvalue weighted by Crippen LogP contribution is -2.04. The lowest BCUT2D eigenvalue weighted by molar-refractivity contribution is 0.0600. The minimum Gasteiger partial charge on any atom is -0.496 e. The number of nitriles is 1. The number of carbonyl (C=O) groups is 1. The maximum Gasteiger partial charge on any atom is 0.339 e. The van der Waals surface area contributed by atoms with Gasteiger partial charge in [0.15, 0.2) is 0 Å². The van der Waals surface area contributed by atoms with E-state index >= 15 is 0 Å². The molecule has 0 aliphatic carbocycles. The number of benzene rings is 1. The second-order valence-corrected chi connectivity index (χ2v) is 3.49. The SMILES string of the molecule is COC(=O)c1cc(OC)c(Br)cc1C#N. The molecule has 0 unspecified atom stereocenters. The molecular weight excluding hydrogens is 262 g/mol. The zero-order chi connectivity index (χ0) is 11.4. The number of nitrogens with zero attached hydrogens (tertiary/aromatic N) is 1. The topological polar surface area (TPSA) is 59.3 Å². The molecule has 0 heterocycles. The number of hydrogen-bond acceptors (Lipinski definition) is 4. The standard InChI is InChI=1S/C10H8BrNO3/c1-14-9-4-7(10(13)15-2)6(5-12)3-8(9)11/h3-4H,1-2H3. The first-order chi connectivity index (χ1) is 7.13. The Bertz CT molecular complexity index is 437. The lowest BCUT2D eigenvalue weighted by atomic mass is 10.1. The van der Waals surface area contributed by atoms with Crippen molar-refractivity contribution in [2.45, 2.75) is 0 Å². The summed E-state index contributed by atoms with van der Waals surface area (Å²) in [6.45, 7) is 0. The molecule has 0 radical (unpaired) electrons. The van der Waals surface area contributed by atoms with Gasteiger partial charge < -0.3 is 9.47 Å². The van der Waals surface area contributed by atoms with Crippen LogP contribution >= 0.6 is 15.9 Å². The van der Waals surface area contributed by atoms with Crippen molar-refractivity contribution >= 4 is 21.9 Å². The van der Waals surface area contributed by atoms with E-state index in [0.29, 0.717) is 10.2 Å². The highest BCUT2D eigenvalue weighted by atomic mass is 79.9. The van der Waals surface area contributed by atoms with Gasteiger partial charge in [0, 0.05) is 0 Å². The van der Waals surface area contributed by atoms with Gasteiger partial charge in [0.25, 0.3) is 0 Å². The summed E-state index contributed by atoms with van der Waals surface area (Å²) in [6.07, 6.45) is 0. The van der Waals surface area contributed by atoms with Gasteiger partial charge in [0.2, 0.25) is 0 Å². The quantitative estimate of drug-likeness (QED) is 0.772. The summed E-state index contributed by atoms with van der Waals surface area (Å²) in [5.74, 6) is -0.0771. The van der Waals surface area contributed by atoms with Gasteiger partial charge in [-0.1, -0.05) is 0 Å². The van der Waals surface area contributed by atoms with E-state index in [9.17, 15) is 4.79 Å². The molecule has 1 rings (SSSR count). The van der Waals surface area contributed by atoms with Crippen molar-refractivity contribution in [1.82, 2.24) is 0 Å². The van der Waals surface area contributed by atoms with Gasteiger partial charge in [-0.15, -0.1) is 0 Å². The van der Waals surface area contributed by atoms with Gasteiger partial charge in [-0.25, -0.2) is 4.79 Å². The molecule has 0 atom stereocenters. The predicted octanol–water partition coefficient (Wildman–Crippen LogP) is 2.12. The van der Waals surface area contributed by atoms with E-state index in [2.05, 4.69) is 20.7 Å². The molecule has 1 aromatic carbocycles. The van der Waals surface area contributed by atoms with Crippen LogP contribution in [0.25, 0.3) is 0 Å². The Morgan fingerprint density at radius 2 is 2.13 bits per heavy atom. The number of carbonyl (C=O) groups excluding carboxylic acids is 1. The van der Waals surface area contributed by atoms with E-state index < -0.39 is 5.97 Å². The molecule has 15 heavy (non-hydrogen) atoms. The zero-order valence-corrected chi connectivity index (χ0v) is 9.79. The van der Waals surface area contributed by atoms with E-state index in [0.717, 1.165) is 0 Å². The van der Waals surface area contributed by atoms with Crippen LogP contribution in [-0.4, -0.2) is 20.2 Å². The highest BCUT2D eigenvalue weighted by Crippen LogP contribution is 2.28. The Morgan fingerprint density at radius 3 is 2.60 bits per heavy atom. The Kier molecular flexibility index (Phi) is 3.69. The molecule has 0 aliphatic heterocycles. The normalized spacial score (nSPS) is 9.20. The molecule has 0 bridgehead atoms. The molecule has 0 fully saturated rings. The van der Waals surface area contributed by atoms with Crippen LogP contribution in [0.1, 0.15) is 15.9 Å². The summed E-state index contributed by atoms with van der Waals surface area (Å²) >= 11 is 3.23. The third-order valence-electron chi connectivity index (χ3n) is 1.82. The van der Waals surface area contributed by atoms with Crippen LogP contribution in [0.15, 0.2) is 16.6 Å². The van der Waals surface area contributed by atoms with Crippen LogP contribution in [0.5, 0.6) is 5.75 Å². The molecule has 0 amide bonds. The average molecular weight is 270 g/mol. The minimum atomic E-state index is -0.558. The maximum atomic E-state index is 11.3. The second-order valence-electron chi connectivity index (χ2n) is 2.64. The lowest BCUT2D eigenvalue weighted by Gasteiger charge is -2.07. The van der Waals surface area contributed by atoms with Crippen molar-refractivity contribution in [3.8, 4) is 11.8 Å². The average Bonchev–Trinajstić information content (AvgIpc) is 2.27. The highest BCUT2D eigenvalue weighted by molar-refractivity contribution is 9.10. The monoisotopic (exact) mass is 269 g/mol. The Morgan fingerprint density at radius 1 is 1.47 bits per heavy atom. The van der Waals surface area contributed by atoms with Gasteiger partial charge in [0.1, 0.15) is 11.8 Å². The molecule has 1 aromatic rings. The number of ether oxygens (including phenoxy) is 2. The third-order valence-corrected chi connectivity index (χ3v) is 2.44. The van der Waals surface area contributed by atoms with Crippen LogP contribution in [0.4, 0.5) is 0 Å². The number of methoxy groups -OCH3 is 2. The van der Waals surface area contributed by atoms with Crippen LogP contribution in [0.3, 0.4) is 0 Å². The molecule has 4 nitrogen and oxygen atoms in total. The van der Waals surface area contributed by atoms with Crippen molar-refractivity contribution in [2.75, 3.05) is 14.2 Å². The molecule has 0 spiro atoms. The van der Waals surface area contributed by atoms with Crippen LogP contribution < -0.4 is 4.74 Å². The number of esters is 1. The van der Waals surface area contributed by atoms with Gasteiger partial charge >= 0.3 is 5.97 Å². The minimum absolute atomic E-state index is 0.194. The van der Waals surface area contributed by atoms with E-state index in [1.165, 1.54) is 26.4 Å². The first-order valence-electron chi connectivity index (χ1n) is 4.00. The molecule has 0 saturated carbocycles. The van der Waals surface area contributed by atoms with Crippen LogP contribution in [0, 0.1) is 11.3 Å². The summed E-state index contributed by atoms with van der Waals surface area (Å²) in [7, 11) is 2.74. The van der Waals surface area contributed by atoms with Crippen molar-refractivity contribution in [2.24, 2.45) is 0 Å². The Balaban J connectivity index is 3.37. The first kappa shape index (κ1) is 11.5. The summed E-state index contributed by atoms with van der Waals surface area (Å²) in [5, 5.41) is 8.83. The largest absolute Gasteiger partial charge is 0.496 e. The van der Waals surface area contributed by atoms with E-state index in [-0.39, 0.29) is 11.1 Å². The molecule has 0 saturated heterocycles. The second kappa shape index (κ2) is 4.80. The summed E-state index contributed by atoms with van der Waals surface area (Å²) in [4.78, 5) is 11.3. The first-order valence-corrected chi connectivity index (χ1v) is 4.79. The fourth-order valence-electron chi connectivity index (χ4n) is 1.08. The zero-order valence-electron chi connectivity index (χ0n) is 8.20. The highest BCUT2D eigenvalue weighted by Gasteiger charge is 2.15. The number of rotatable bonds is 2. The Hall–Kier alpha value is -1.54. The molecular formula is C10H8BrNO3. The Labute approximate surface area is 95.5 Å². The third kappa shape index (κ3) is 2.28. The van der Waals surface area contributed by atoms with Crippen molar-refractivity contribution in [1.29, 1.82) is 5.26 Å². The van der Waals surface area contributed by atoms with E-state index in [4.69, 9.17) is 10.00 Å². The fourth-order valence-corrected chi connectivity index (χ4v) is 1.59. The summed E-state index contributed by atoms with van der Waals surface area (Å²) in [6, 6.07) is 4.90. The maximum absolute atomic E-state index is 11.3. The van der Waals surface area contributed by atoms with E-state index in [1.807, 2.05) is 6.07 Å². The van der Waals surface area contributed by atoms with Crippen molar-refractivity contribution < 1.29 is 14.3 Å². The van der Waals surface area contributed by atoms with E-state index in [1.54, 1.807) is 0 Å². The van der Waals surface area contributed by atoms with Crippen molar-refractivity contribution in [3.63, 3.8) is 0 Å². The number of hydrogen-bond donors (Lipinski definition) is 0. The van der Waals surface area contributed by atoms with Crippen LogP contribution in [0.2, 0.25) is 0 Å². The summed E-state index contributed by atoms with van der Waals surface area (Å²) in [5.41, 5.74) is 0.439. The van der Waals surface area contributed by atoms with Gasteiger partial charge in [-0.05, 0) is 28.1 Å². The van der Waals surface area contributed by atoms with Gasteiger partial charge in [-0.3, -0.25) is 0 Å². The molecule has 78 valence electrons.